The Morgan fingerprint density at radius 2 is 2.12 bits per heavy atom. The average molecular weight is 260 g/mol. The molecule has 7 nitrogen and oxygen atoms in total. The molecule has 0 fully saturated rings. The van der Waals surface area contributed by atoms with Gasteiger partial charge in [0.25, 0.3) is 5.69 Å². The van der Waals surface area contributed by atoms with Crippen LogP contribution in [0.1, 0.15) is 6.92 Å². The molecule has 0 aliphatic carbocycles. The van der Waals surface area contributed by atoms with Crippen LogP contribution in [0.4, 0.5) is 5.69 Å². The van der Waals surface area contributed by atoms with Gasteiger partial charge in [-0.3, -0.25) is 10.1 Å². The van der Waals surface area contributed by atoms with E-state index in [1.165, 1.54) is 13.2 Å². The molecule has 0 spiro atoms. The van der Waals surface area contributed by atoms with Gasteiger partial charge < -0.3 is 4.74 Å². The van der Waals surface area contributed by atoms with E-state index in [1.54, 1.807) is 6.92 Å². The number of methoxy groups -OCH3 is 1. The Morgan fingerprint density at radius 3 is 2.59 bits per heavy atom. The summed E-state index contributed by atoms with van der Waals surface area (Å²) in [4.78, 5) is 9.67. The van der Waals surface area contributed by atoms with E-state index in [1.807, 2.05) is 0 Å². The van der Waals surface area contributed by atoms with Crippen LogP contribution in [0.5, 0.6) is 5.75 Å². The molecule has 1 rings (SSSR count). The molecule has 0 unspecified atom stereocenters. The zero-order valence-electron chi connectivity index (χ0n) is 9.34. The summed E-state index contributed by atoms with van der Waals surface area (Å²) in [5, 5.41) is 10.8. The van der Waals surface area contributed by atoms with Crippen molar-refractivity contribution in [1.29, 1.82) is 0 Å². The van der Waals surface area contributed by atoms with Crippen molar-refractivity contribution in [3.63, 3.8) is 0 Å². The zero-order chi connectivity index (χ0) is 13.1. The highest BCUT2D eigenvalue weighted by Gasteiger charge is 2.25. The van der Waals surface area contributed by atoms with Crippen LogP contribution in [0.3, 0.4) is 0 Å². The molecule has 1 aromatic carbocycles. The Balaban J connectivity index is 3.39. The number of sulfonamides is 1. The third kappa shape index (κ3) is 2.92. The SMILES string of the molecule is CCNS(=O)(=O)c1ccc(OC)cc1[N+](=O)[O-]. The van der Waals surface area contributed by atoms with Gasteiger partial charge in [-0.05, 0) is 12.1 Å². The van der Waals surface area contributed by atoms with Gasteiger partial charge in [0, 0.05) is 6.54 Å². The lowest BCUT2D eigenvalue weighted by Crippen LogP contribution is -2.24. The van der Waals surface area contributed by atoms with Gasteiger partial charge in [-0.1, -0.05) is 6.92 Å². The van der Waals surface area contributed by atoms with Crippen LogP contribution >= 0.6 is 0 Å². The molecule has 17 heavy (non-hydrogen) atoms. The van der Waals surface area contributed by atoms with E-state index in [9.17, 15) is 18.5 Å². The molecule has 1 N–H and O–H groups in total. The van der Waals surface area contributed by atoms with Crippen LogP contribution < -0.4 is 9.46 Å². The highest BCUT2D eigenvalue weighted by Crippen LogP contribution is 2.27. The molecule has 0 bridgehead atoms. The number of rotatable bonds is 5. The van der Waals surface area contributed by atoms with Gasteiger partial charge >= 0.3 is 0 Å². The molecule has 0 heterocycles. The molecular formula is C9H12N2O5S. The Morgan fingerprint density at radius 1 is 1.47 bits per heavy atom. The lowest BCUT2D eigenvalue weighted by Gasteiger charge is -2.06. The number of nitrogens with one attached hydrogen (secondary N) is 1. The smallest absolute Gasteiger partial charge is 0.293 e. The summed E-state index contributed by atoms with van der Waals surface area (Å²) in [6.45, 7) is 1.75. The summed E-state index contributed by atoms with van der Waals surface area (Å²) < 4.78 is 30.4. The van der Waals surface area contributed by atoms with Crippen molar-refractivity contribution in [2.75, 3.05) is 13.7 Å². The maximum absolute atomic E-state index is 11.7. The van der Waals surface area contributed by atoms with Crippen LogP contribution in [-0.4, -0.2) is 27.0 Å². The first-order valence-corrected chi connectivity index (χ1v) is 6.22. The maximum Gasteiger partial charge on any atom is 0.293 e. The van der Waals surface area contributed by atoms with Gasteiger partial charge in [-0.2, -0.15) is 0 Å². The van der Waals surface area contributed by atoms with Gasteiger partial charge in [0.2, 0.25) is 10.0 Å². The maximum atomic E-state index is 11.7. The molecule has 0 radical (unpaired) electrons. The fourth-order valence-electron chi connectivity index (χ4n) is 1.26. The van der Waals surface area contributed by atoms with Crippen LogP contribution in [0, 0.1) is 10.1 Å². The summed E-state index contributed by atoms with van der Waals surface area (Å²) in [5.41, 5.74) is -0.509. The van der Waals surface area contributed by atoms with Crippen LogP contribution in [0.25, 0.3) is 0 Å². The van der Waals surface area contributed by atoms with E-state index < -0.39 is 20.6 Å². The van der Waals surface area contributed by atoms with Gasteiger partial charge in [-0.15, -0.1) is 0 Å². The summed E-state index contributed by atoms with van der Waals surface area (Å²) in [5.74, 6) is 0.229. The number of hydrogen-bond donors (Lipinski definition) is 1. The van der Waals surface area contributed by atoms with Crippen molar-refractivity contribution >= 4 is 15.7 Å². The second-order valence-electron chi connectivity index (χ2n) is 3.09. The highest BCUT2D eigenvalue weighted by molar-refractivity contribution is 7.89. The van der Waals surface area contributed by atoms with E-state index in [-0.39, 0.29) is 17.2 Å². The lowest BCUT2D eigenvalue weighted by molar-refractivity contribution is -0.387. The molecular weight excluding hydrogens is 248 g/mol. The van der Waals surface area contributed by atoms with E-state index in [4.69, 9.17) is 4.74 Å². The monoisotopic (exact) mass is 260 g/mol. The molecule has 0 aliphatic rings. The van der Waals surface area contributed by atoms with Crippen molar-refractivity contribution in [3.8, 4) is 5.75 Å². The van der Waals surface area contributed by atoms with Crippen molar-refractivity contribution < 1.29 is 18.1 Å². The van der Waals surface area contributed by atoms with Gasteiger partial charge in [0.15, 0.2) is 4.90 Å². The second kappa shape index (κ2) is 5.11. The third-order valence-electron chi connectivity index (χ3n) is 1.99. The van der Waals surface area contributed by atoms with Gasteiger partial charge in [0.05, 0.1) is 18.1 Å². The number of nitro benzene ring substituents is 1. The summed E-state index contributed by atoms with van der Waals surface area (Å²) in [7, 11) is -2.51. The molecule has 0 saturated carbocycles. The summed E-state index contributed by atoms with van der Waals surface area (Å²) >= 11 is 0. The van der Waals surface area contributed by atoms with Crippen LogP contribution in [0.2, 0.25) is 0 Å². The first-order valence-electron chi connectivity index (χ1n) is 4.74. The van der Waals surface area contributed by atoms with E-state index in [2.05, 4.69) is 4.72 Å². The Labute approximate surface area is 98.6 Å². The van der Waals surface area contributed by atoms with E-state index >= 15 is 0 Å². The standard InChI is InChI=1S/C9H12N2O5S/c1-3-10-17(14,15)9-5-4-7(16-2)6-8(9)11(12)13/h4-6,10H,3H2,1-2H3. The minimum atomic E-state index is -3.86. The predicted molar refractivity (Wildman–Crippen MR) is 60.5 cm³/mol. The van der Waals surface area contributed by atoms with Crippen molar-refractivity contribution in [2.45, 2.75) is 11.8 Å². The molecule has 8 heteroatoms. The number of nitro groups is 1. The molecule has 0 atom stereocenters. The van der Waals surface area contributed by atoms with E-state index in [0.29, 0.717) is 0 Å². The summed E-state index contributed by atoms with van der Waals surface area (Å²) in [6, 6.07) is 3.58. The minimum absolute atomic E-state index is 0.158. The predicted octanol–water partition coefficient (Wildman–Crippen LogP) is 0.902. The molecule has 0 amide bonds. The quantitative estimate of drug-likeness (QED) is 0.626. The minimum Gasteiger partial charge on any atom is -0.497 e. The highest BCUT2D eigenvalue weighted by atomic mass is 32.2. The van der Waals surface area contributed by atoms with E-state index in [0.717, 1.165) is 12.1 Å². The summed E-state index contributed by atoms with van der Waals surface area (Å²) in [6.07, 6.45) is 0. The molecule has 0 aliphatic heterocycles. The molecule has 1 aromatic rings. The Kier molecular flexibility index (Phi) is 4.02. The Hall–Kier alpha value is -1.67. The number of ether oxygens (including phenoxy) is 1. The third-order valence-corrected chi connectivity index (χ3v) is 3.58. The van der Waals surface area contributed by atoms with Crippen LogP contribution in [-0.2, 0) is 10.0 Å². The number of hydrogen-bond acceptors (Lipinski definition) is 5. The average Bonchev–Trinajstić information content (AvgIpc) is 2.28. The molecule has 0 saturated heterocycles. The van der Waals surface area contributed by atoms with Crippen molar-refractivity contribution in [3.05, 3.63) is 28.3 Å². The zero-order valence-corrected chi connectivity index (χ0v) is 10.2. The topological polar surface area (TPSA) is 98.5 Å². The number of benzene rings is 1. The largest absolute Gasteiger partial charge is 0.497 e. The number of nitrogens with zero attached hydrogens (tertiary/aromatic N) is 1. The molecule has 94 valence electrons. The van der Waals surface area contributed by atoms with Crippen molar-refractivity contribution in [1.82, 2.24) is 4.72 Å². The van der Waals surface area contributed by atoms with Crippen LogP contribution in [0.15, 0.2) is 23.1 Å². The normalized spacial score (nSPS) is 11.2. The fraction of sp³-hybridized carbons (Fsp3) is 0.333. The first kappa shape index (κ1) is 13.4. The Bertz CT molecular complexity index is 526. The second-order valence-corrected chi connectivity index (χ2v) is 4.83. The first-order chi connectivity index (χ1) is 7.92. The molecule has 0 aromatic heterocycles. The van der Waals surface area contributed by atoms with Gasteiger partial charge in [-0.25, -0.2) is 13.1 Å². The lowest BCUT2D eigenvalue weighted by atomic mass is 10.3. The fourth-order valence-corrected chi connectivity index (χ4v) is 2.45. The van der Waals surface area contributed by atoms with Crippen molar-refractivity contribution in [2.24, 2.45) is 0 Å². The van der Waals surface area contributed by atoms with Gasteiger partial charge in [0.1, 0.15) is 5.75 Å².